The highest BCUT2D eigenvalue weighted by molar-refractivity contribution is 6.02. The van der Waals surface area contributed by atoms with Crippen LogP contribution in [0.1, 0.15) is 19.4 Å². The molecule has 7 nitrogen and oxygen atoms in total. The Morgan fingerprint density at radius 2 is 2.12 bits per heavy atom. The fourth-order valence-corrected chi connectivity index (χ4v) is 3.03. The zero-order chi connectivity index (χ0) is 17.4. The molecule has 1 aromatic rings. The molecule has 24 heavy (non-hydrogen) atoms. The number of cyclic esters (lactones) is 1. The topological polar surface area (TPSA) is 76.2 Å². The van der Waals surface area contributed by atoms with E-state index in [1.807, 2.05) is 12.1 Å². The Morgan fingerprint density at radius 1 is 1.38 bits per heavy atom. The SMILES string of the molecule is COC(=O)[C@H]1CN(c2ccc3c(c2)CC(=O)N3CC(C)C)C(=O)O1. The molecule has 0 unspecified atom stereocenters. The van der Waals surface area contributed by atoms with Gasteiger partial charge in [-0.05, 0) is 29.7 Å². The third kappa shape index (κ3) is 2.81. The summed E-state index contributed by atoms with van der Waals surface area (Å²) < 4.78 is 9.64. The molecule has 2 aliphatic heterocycles. The van der Waals surface area contributed by atoms with E-state index in [0.717, 1.165) is 11.3 Å². The highest BCUT2D eigenvalue weighted by atomic mass is 16.6. The number of carbonyl (C=O) groups is 3. The summed E-state index contributed by atoms with van der Waals surface area (Å²) in [5.41, 5.74) is 2.38. The second-order valence-corrected chi connectivity index (χ2v) is 6.39. The van der Waals surface area contributed by atoms with Crippen LogP contribution in [0.2, 0.25) is 0 Å². The molecule has 128 valence electrons. The van der Waals surface area contributed by atoms with Gasteiger partial charge in [0.05, 0.1) is 20.1 Å². The monoisotopic (exact) mass is 332 g/mol. The third-order valence-electron chi connectivity index (χ3n) is 4.13. The van der Waals surface area contributed by atoms with Crippen LogP contribution in [0.3, 0.4) is 0 Å². The van der Waals surface area contributed by atoms with Gasteiger partial charge in [0.2, 0.25) is 12.0 Å². The van der Waals surface area contributed by atoms with E-state index in [1.54, 1.807) is 11.0 Å². The Labute approximate surface area is 140 Å². The van der Waals surface area contributed by atoms with Gasteiger partial charge in [0.25, 0.3) is 0 Å². The number of amides is 2. The van der Waals surface area contributed by atoms with E-state index in [1.165, 1.54) is 12.0 Å². The molecular formula is C17H20N2O5. The van der Waals surface area contributed by atoms with Crippen LogP contribution in [0.15, 0.2) is 18.2 Å². The van der Waals surface area contributed by atoms with Crippen LogP contribution in [0.4, 0.5) is 16.2 Å². The van der Waals surface area contributed by atoms with Gasteiger partial charge in [0.15, 0.2) is 0 Å². The largest absolute Gasteiger partial charge is 0.466 e. The molecule has 2 heterocycles. The molecule has 2 aliphatic rings. The number of benzene rings is 1. The molecule has 1 aromatic carbocycles. The number of rotatable bonds is 4. The van der Waals surface area contributed by atoms with Gasteiger partial charge >= 0.3 is 12.1 Å². The number of esters is 1. The summed E-state index contributed by atoms with van der Waals surface area (Å²) in [6.07, 6.45) is -1.19. The minimum Gasteiger partial charge on any atom is -0.466 e. The Balaban J connectivity index is 1.83. The Bertz CT molecular complexity index is 700. The predicted molar refractivity (Wildman–Crippen MR) is 87.0 cm³/mol. The fraction of sp³-hybridized carbons (Fsp3) is 0.471. The number of carbonyl (C=O) groups excluding carboxylic acids is 3. The van der Waals surface area contributed by atoms with E-state index in [4.69, 9.17) is 4.74 Å². The van der Waals surface area contributed by atoms with Crippen molar-refractivity contribution in [1.82, 2.24) is 0 Å². The van der Waals surface area contributed by atoms with Gasteiger partial charge < -0.3 is 14.4 Å². The summed E-state index contributed by atoms with van der Waals surface area (Å²) in [5.74, 6) is -0.147. The summed E-state index contributed by atoms with van der Waals surface area (Å²) in [7, 11) is 1.25. The molecule has 1 saturated heterocycles. The molecule has 7 heteroatoms. The second-order valence-electron chi connectivity index (χ2n) is 6.39. The first kappa shape index (κ1) is 16.3. The molecule has 3 rings (SSSR count). The maximum atomic E-state index is 12.2. The van der Waals surface area contributed by atoms with Gasteiger partial charge in [0, 0.05) is 17.9 Å². The average Bonchev–Trinajstić information content (AvgIpc) is 3.06. The number of hydrogen-bond donors (Lipinski definition) is 0. The lowest BCUT2D eigenvalue weighted by molar-refractivity contribution is -0.148. The van der Waals surface area contributed by atoms with Crippen molar-refractivity contribution >= 4 is 29.3 Å². The highest BCUT2D eigenvalue weighted by Gasteiger charge is 2.38. The Kier molecular flexibility index (Phi) is 4.17. The first-order chi connectivity index (χ1) is 11.4. The van der Waals surface area contributed by atoms with Crippen molar-refractivity contribution < 1.29 is 23.9 Å². The molecule has 0 radical (unpaired) electrons. The normalized spacial score (nSPS) is 19.8. The number of ether oxygens (including phenoxy) is 2. The van der Waals surface area contributed by atoms with Crippen LogP contribution >= 0.6 is 0 Å². The number of fused-ring (bicyclic) bond motifs is 1. The quantitative estimate of drug-likeness (QED) is 0.785. The van der Waals surface area contributed by atoms with Crippen molar-refractivity contribution in [2.45, 2.75) is 26.4 Å². The highest BCUT2D eigenvalue weighted by Crippen LogP contribution is 2.34. The van der Waals surface area contributed by atoms with Crippen molar-refractivity contribution in [3.8, 4) is 0 Å². The van der Waals surface area contributed by atoms with Crippen LogP contribution < -0.4 is 9.80 Å². The zero-order valence-corrected chi connectivity index (χ0v) is 13.9. The van der Waals surface area contributed by atoms with Crippen molar-refractivity contribution in [2.75, 3.05) is 30.0 Å². The van der Waals surface area contributed by atoms with E-state index in [0.29, 0.717) is 24.6 Å². The van der Waals surface area contributed by atoms with Gasteiger partial charge in [0.1, 0.15) is 0 Å². The molecule has 0 spiro atoms. The van der Waals surface area contributed by atoms with Gasteiger partial charge in [-0.3, -0.25) is 9.69 Å². The van der Waals surface area contributed by atoms with Crippen LogP contribution in [0.5, 0.6) is 0 Å². The van der Waals surface area contributed by atoms with Crippen molar-refractivity contribution in [3.05, 3.63) is 23.8 Å². The molecule has 0 bridgehead atoms. The Hall–Kier alpha value is -2.57. The molecule has 0 aromatic heterocycles. The minimum atomic E-state index is -0.921. The first-order valence-corrected chi connectivity index (χ1v) is 7.90. The Morgan fingerprint density at radius 3 is 2.79 bits per heavy atom. The second kappa shape index (κ2) is 6.14. The standard InChI is InChI=1S/C17H20N2O5/c1-10(2)8-19-13-5-4-12(6-11(13)7-15(19)20)18-9-14(16(21)23-3)24-17(18)22/h4-6,10,14H,7-9H2,1-3H3/t14-/m1/s1. The van der Waals surface area contributed by atoms with Crippen LogP contribution in [0, 0.1) is 5.92 Å². The molecule has 0 aliphatic carbocycles. The van der Waals surface area contributed by atoms with Crippen LogP contribution in [-0.2, 0) is 25.5 Å². The summed E-state index contributed by atoms with van der Waals surface area (Å²) in [6, 6.07) is 5.43. The summed E-state index contributed by atoms with van der Waals surface area (Å²) in [5, 5.41) is 0. The first-order valence-electron chi connectivity index (χ1n) is 7.90. The van der Waals surface area contributed by atoms with Crippen LogP contribution in [-0.4, -0.2) is 44.3 Å². The van der Waals surface area contributed by atoms with Gasteiger partial charge in [-0.2, -0.15) is 0 Å². The number of methoxy groups -OCH3 is 1. The van der Waals surface area contributed by atoms with Gasteiger partial charge in [-0.1, -0.05) is 13.8 Å². The maximum Gasteiger partial charge on any atom is 0.415 e. The van der Waals surface area contributed by atoms with Crippen LogP contribution in [0.25, 0.3) is 0 Å². The number of hydrogen-bond acceptors (Lipinski definition) is 5. The number of nitrogens with zero attached hydrogens (tertiary/aromatic N) is 2. The fourth-order valence-electron chi connectivity index (χ4n) is 3.03. The molecule has 1 fully saturated rings. The van der Waals surface area contributed by atoms with Crippen molar-refractivity contribution in [1.29, 1.82) is 0 Å². The average molecular weight is 332 g/mol. The molecule has 1 atom stereocenters. The molecular weight excluding hydrogens is 312 g/mol. The summed E-state index contributed by atoms with van der Waals surface area (Å²) in [6.45, 7) is 4.90. The predicted octanol–water partition coefficient (Wildman–Crippen LogP) is 1.73. The van der Waals surface area contributed by atoms with Gasteiger partial charge in [-0.15, -0.1) is 0 Å². The van der Waals surface area contributed by atoms with E-state index < -0.39 is 18.2 Å². The smallest absolute Gasteiger partial charge is 0.415 e. The van der Waals surface area contributed by atoms with E-state index >= 15 is 0 Å². The number of anilines is 2. The van der Waals surface area contributed by atoms with E-state index in [-0.39, 0.29) is 12.5 Å². The summed E-state index contributed by atoms with van der Waals surface area (Å²) in [4.78, 5) is 38.9. The molecule has 0 N–H and O–H groups in total. The molecule has 2 amide bonds. The minimum absolute atomic E-state index is 0.0623. The maximum absolute atomic E-state index is 12.2. The third-order valence-corrected chi connectivity index (χ3v) is 4.13. The summed E-state index contributed by atoms with van der Waals surface area (Å²) >= 11 is 0. The molecule has 0 saturated carbocycles. The zero-order valence-electron chi connectivity index (χ0n) is 13.9. The lowest BCUT2D eigenvalue weighted by Crippen LogP contribution is -2.30. The van der Waals surface area contributed by atoms with E-state index in [2.05, 4.69) is 18.6 Å². The van der Waals surface area contributed by atoms with Crippen molar-refractivity contribution in [2.24, 2.45) is 5.92 Å². The van der Waals surface area contributed by atoms with Gasteiger partial charge in [-0.25, -0.2) is 9.59 Å². The van der Waals surface area contributed by atoms with E-state index in [9.17, 15) is 14.4 Å². The lowest BCUT2D eigenvalue weighted by Gasteiger charge is -2.20. The lowest BCUT2D eigenvalue weighted by atomic mass is 10.1. The van der Waals surface area contributed by atoms with Crippen molar-refractivity contribution in [3.63, 3.8) is 0 Å².